The molecule has 18 heavy (non-hydrogen) atoms. The first-order valence-electron chi connectivity index (χ1n) is 5.55. The predicted octanol–water partition coefficient (Wildman–Crippen LogP) is 3.07. The van der Waals surface area contributed by atoms with Crippen molar-refractivity contribution in [3.8, 4) is 11.4 Å². The summed E-state index contributed by atoms with van der Waals surface area (Å²) < 4.78 is 38.8. The molecule has 2 heterocycles. The van der Waals surface area contributed by atoms with Crippen LogP contribution < -0.4 is 0 Å². The van der Waals surface area contributed by atoms with Gasteiger partial charge in [-0.2, -0.15) is 13.2 Å². The maximum absolute atomic E-state index is 12.9. The molecule has 0 unspecified atom stereocenters. The molecule has 3 rings (SSSR count). The van der Waals surface area contributed by atoms with Gasteiger partial charge in [0.15, 0.2) is 0 Å². The Morgan fingerprint density at radius 2 is 2.00 bits per heavy atom. The van der Waals surface area contributed by atoms with Crippen LogP contribution in [0.1, 0.15) is 18.5 Å². The smallest absolute Gasteiger partial charge is 0.341 e. The highest BCUT2D eigenvalue weighted by molar-refractivity contribution is 5.54. The number of imidazole rings is 1. The Labute approximate surface area is 101 Å². The second kappa shape index (κ2) is 3.57. The van der Waals surface area contributed by atoms with Gasteiger partial charge in [0.05, 0.1) is 5.69 Å². The minimum Gasteiger partial charge on any atom is -0.341 e. The molecule has 3 nitrogen and oxygen atoms in total. The molecule has 0 spiro atoms. The van der Waals surface area contributed by atoms with Crippen LogP contribution in [0.3, 0.4) is 0 Å². The van der Waals surface area contributed by atoms with Crippen LogP contribution in [0.25, 0.3) is 11.4 Å². The van der Waals surface area contributed by atoms with Crippen molar-refractivity contribution in [2.45, 2.75) is 24.4 Å². The first-order chi connectivity index (χ1) is 8.53. The zero-order valence-corrected chi connectivity index (χ0v) is 9.33. The highest BCUT2D eigenvalue weighted by atomic mass is 19.4. The van der Waals surface area contributed by atoms with Crippen LogP contribution >= 0.6 is 0 Å². The number of hydrogen-bond donors (Lipinski definition) is 1. The molecule has 0 saturated heterocycles. The van der Waals surface area contributed by atoms with E-state index in [0.29, 0.717) is 11.4 Å². The third kappa shape index (κ3) is 1.60. The van der Waals surface area contributed by atoms with Crippen molar-refractivity contribution < 1.29 is 13.2 Å². The number of aromatic amines is 1. The van der Waals surface area contributed by atoms with Crippen molar-refractivity contribution in [1.29, 1.82) is 0 Å². The maximum atomic E-state index is 12.9. The van der Waals surface area contributed by atoms with Gasteiger partial charge in [-0.3, -0.25) is 4.98 Å². The Bertz CT molecular complexity index is 555. The summed E-state index contributed by atoms with van der Waals surface area (Å²) in [5.41, 5.74) is -0.879. The summed E-state index contributed by atoms with van der Waals surface area (Å²) in [4.78, 5) is 10.7. The maximum Gasteiger partial charge on any atom is 0.399 e. The number of pyridine rings is 1. The number of alkyl halides is 3. The number of H-pyrrole nitrogens is 1. The molecule has 0 atom stereocenters. The lowest BCUT2D eigenvalue weighted by Gasteiger charge is -2.16. The van der Waals surface area contributed by atoms with Crippen LogP contribution in [0.15, 0.2) is 30.7 Å². The zero-order valence-electron chi connectivity index (χ0n) is 9.33. The van der Waals surface area contributed by atoms with Crippen molar-refractivity contribution in [3.05, 3.63) is 36.4 Å². The van der Waals surface area contributed by atoms with Crippen LogP contribution in [0.4, 0.5) is 13.2 Å². The molecule has 1 fully saturated rings. The molecule has 1 saturated carbocycles. The van der Waals surface area contributed by atoms with E-state index in [4.69, 9.17) is 0 Å². The Morgan fingerprint density at radius 3 is 2.56 bits per heavy atom. The van der Waals surface area contributed by atoms with Gasteiger partial charge in [0.25, 0.3) is 0 Å². The molecule has 1 N–H and O–H groups in total. The van der Waals surface area contributed by atoms with E-state index >= 15 is 0 Å². The molecule has 0 radical (unpaired) electrons. The summed E-state index contributed by atoms with van der Waals surface area (Å²) in [5, 5.41) is 0. The average molecular weight is 253 g/mol. The molecular weight excluding hydrogens is 243 g/mol. The SMILES string of the molecule is FC(F)(F)C1(c2cnc(-c3cccnc3)[nH]2)CC1. The summed E-state index contributed by atoms with van der Waals surface area (Å²) >= 11 is 0. The van der Waals surface area contributed by atoms with Crippen LogP contribution in [0.5, 0.6) is 0 Å². The van der Waals surface area contributed by atoms with Crippen molar-refractivity contribution in [1.82, 2.24) is 15.0 Å². The fourth-order valence-corrected chi connectivity index (χ4v) is 2.04. The molecular formula is C12H10F3N3. The predicted molar refractivity (Wildman–Crippen MR) is 58.8 cm³/mol. The van der Waals surface area contributed by atoms with Crippen molar-refractivity contribution in [2.75, 3.05) is 0 Å². The normalized spacial score (nSPS) is 17.7. The van der Waals surface area contributed by atoms with Gasteiger partial charge in [0, 0.05) is 24.2 Å². The monoisotopic (exact) mass is 253 g/mol. The van der Waals surface area contributed by atoms with Crippen molar-refractivity contribution >= 4 is 0 Å². The van der Waals surface area contributed by atoms with E-state index in [0.717, 1.165) is 0 Å². The molecule has 2 aromatic heterocycles. The van der Waals surface area contributed by atoms with Crippen LogP contribution in [0.2, 0.25) is 0 Å². The van der Waals surface area contributed by atoms with Crippen LogP contribution in [-0.2, 0) is 5.41 Å². The average Bonchev–Trinajstić information content (AvgIpc) is 3.03. The molecule has 1 aliphatic carbocycles. The van der Waals surface area contributed by atoms with Gasteiger partial charge in [-0.25, -0.2) is 4.98 Å². The van der Waals surface area contributed by atoms with Crippen molar-refractivity contribution in [2.24, 2.45) is 0 Å². The van der Waals surface area contributed by atoms with E-state index in [9.17, 15) is 13.2 Å². The fourth-order valence-electron chi connectivity index (χ4n) is 2.04. The Hall–Kier alpha value is -1.85. The fraction of sp³-hybridized carbons (Fsp3) is 0.333. The number of hydrogen-bond acceptors (Lipinski definition) is 2. The molecule has 1 aliphatic rings. The van der Waals surface area contributed by atoms with E-state index < -0.39 is 11.6 Å². The lowest BCUT2D eigenvalue weighted by Crippen LogP contribution is -2.28. The molecule has 6 heteroatoms. The summed E-state index contributed by atoms with van der Waals surface area (Å²) in [6.45, 7) is 0. The number of halogens is 3. The van der Waals surface area contributed by atoms with Gasteiger partial charge < -0.3 is 4.98 Å². The highest BCUT2D eigenvalue weighted by Gasteiger charge is 2.65. The molecule has 0 aliphatic heterocycles. The number of nitrogens with zero attached hydrogens (tertiary/aromatic N) is 2. The Kier molecular flexibility index (Phi) is 2.23. The van der Waals surface area contributed by atoms with Gasteiger partial charge in [-0.15, -0.1) is 0 Å². The van der Waals surface area contributed by atoms with E-state index in [-0.39, 0.29) is 18.5 Å². The topological polar surface area (TPSA) is 41.6 Å². The minimum atomic E-state index is -4.22. The molecule has 0 bridgehead atoms. The van der Waals surface area contributed by atoms with Crippen LogP contribution in [0, 0.1) is 0 Å². The van der Waals surface area contributed by atoms with E-state index in [1.807, 2.05) is 0 Å². The second-order valence-electron chi connectivity index (χ2n) is 4.47. The van der Waals surface area contributed by atoms with Crippen molar-refractivity contribution in [3.63, 3.8) is 0 Å². The van der Waals surface area contributed by atoms with E-state index in [2.05, 4.69) is 15.0 Å². The minimum absolute atomic E-state index is 0.130. The Balaban J connectivity index is 1.96. The summed E-state index contributed by atoms with van der Waals surface area (Å²) in [7, 11) is 0. The van der Waals surface area contributed by atoms with E-state index in [1.165, 1.54) is 6.20 Å². The molecule has 0 aromatic carbocycles. The number of rotatable bonds is 2. The number of nitrogens with one attached hydrogen (secondary N) is 1. The van der Waals surface area contributed by atoms with Crippen LogP contribution in [-0.4, -0.2) is 21.1 Å². The molecule has 0 amide bonds. The van der Waals surface area contributed by atoms with E-state index in [1.54, 1.807) is 24.5 Å². The third-order valence-electron chi connectivity index (χ3n) is 3.32. The summed E-state index contributed by atoms with van der Waals surface area (Å²) in [6.07, 6.45) is 0.492. The highest BCUT2D eigenvalue weighted by Crippen LogP contribution is 2.58. The standard InChI is InChI=1S/C12H10F3N3/c13-12(14,15)11(3-4-11)9-7-17-10(18-9)8-2-1-5-16-6-8/h1-2,5-7H,3-4H2,(H,17,18). The van der Waals surface area contributed by atoms with Gasteiger partial charge in [-0.1, -0.05) is 0 Å². The van der Waals surface area contributed by atoms with Gasteiger partial charge >= 0.3 is 6.18 Å². The third-order valence-corrected chi connectivity index (χ3v) is 3.32. The first-order valence-corrected chi connectivity index (χ1v) is 5.55. The Morgan fingerprint density at radius 1 is 1.22 bits per heavy atom. The summed E-state index contributed by atoms with van der Waals surface area (Å²) in [5.74, 6) is 0.425. The quantitative estimate of drug-likeness (QED) is 0.893. The van der Waals surface area contributed by atoms with Gasteiger partial charge in [-0.05, 0) is 25.0 Å². The summed E-state index contributed by atoms with van der Waals surface area (Å²) in [6, 6.07) is 3.47. The lowest BCUT2D eigenvalue weighted by molar-refractivity contribution is -0.161. The molecule has 2 aromatic rings. The largest absolute Gasteiger partial charge is 0.399 e. The molecule has 94 valence electrons. The second-order valence-corrected chi connectivity index (χ2v) is 4.47. The lowest BCUT2D eigenvalue weighted by atomic mass is 10.0. The number of aromatic nitrogens is 3. The van der Waals surface area contributed by atoms with Gasteiger partial charge in [0.1, 0.15) is 11.2 Å². The zero-order chi connectivity index (χ0) is 12.8. The first kappa shape index (κ1) is 11.3. The van der Waals surface area contributed by atoms with Gasteiger partial charge in [0.2, 0.25) is 0 Å².